The van der Waals surface area contributed by atoms with Gasteiger partial charge in [-0.3, -0.25) is 9.69 Å². The summed E-state index contributed by atoms with van der Waals surface area (Å²) in [6, 6.07) is 7.36. The van der Waals surface area contributed by atoms with Crippen LogP contribution in [0.15, 0.2) is 24.3 Å². The molecule has 2 rings (SSSR count). The van der Waals surface area contributed by atoms with Crippen LogP contribution < -0.4 is 10.1 Å². The highest BCUT2D eigenvalue weighted by atomic mass is 16.6. The molecule has 7 nitrogen and oxygen atoms in total. The van der Waals surface area contributed by atoms with Crippen LogP contribution in [0.3, 0.4) is 0 Å². The second-order valence-corrected chi connectivity index (χ2v) is 8.33. The highest BCUT2D eigenvalue weighted by molar-refractivity contribution is 5.86. The van der Waals surface area contributed by atoms with Crippen LogP contribution in [0.25, 0.3) is 0 Å². The third-order valence-electron chi connectivity index (χ3n) is 4.78. The van der Waals surface area contributed by atoms with E-state index in [0.717, 1.165) is 17.7 Å². The predicted molar refractivity (Wildman–Crippen MR) is 108 cm³/mol. The molecular weight excluding hydrogens is 358 g/mol. The molecule has 0 spiro atoms. The summed E-state index contributed by atoms with van der Waals surface area (Å²) in [5.74, 6) is 0.660. The maximum absolute atomic E-state index is 12.8. The molecule has 1 aromatic rings. The fourth-order valence-corrected chi connectivity index (χ4v) is 3.32. The molecule has 1 heterocycles. The third-order valence-corrected chi connectivity index (χ3v) is 4.78. The van der Waals surface area contributed by atoms with E-state index in [2.05, 4.69) is 10.2 Å². The van der Waals surface area contributed by atoms with Crippen LogP contribution in [0.2, 0.25) is 0 Å². The van der Waals surface area contributed by atoms with E-state index in [9.17, 15) is 9.59 Å². The molecule has 0 aliphatic carbocycles. The molecule has 1 unspecified atom stereocenters. The Balaban J connectivity index is 2.00. The maximum atomic E-state index is 12.8. The number of carbonyl (C=O) groups is 2. The van der Waals surface area contributed by atoms with Crippen molar-refractivity contribution < 1.29 is 19.1 Å². The molecule has 0 bridgehead atoms. The molecule has 0 aromatic heterocycles. The number of hydrogen-bond acceptors (Lipinski definition) is 5. The number of amides is 2. The van der Waals surface area contributed by atoms with Crippen LogP contribution >= 0.6 is 0 Å². The zero-order chi connectivity index (χ0) is 20.9. The SMILES string of the molecule is COc1ccc(C(CNC(=O)[C@@H]2CCCN2C(=O)OC(C)(C)C)N(C)C)cc1. The normalized spacial score (nSPS) is 18.1. The van der Waals surface area contributed by atoms with E-state index in [1.54, 1.807) is 12.0 Å². The Kier molecular flexibility index (Phi) is 7.29. The van der Waals surface area contributed by atoms with Crippen LogP contribution in [0.1, 0.15) is 45.2 Å². The molecule has 1 fully saturated rings. The Bertz CT molecular complexity index is 667. The topological polar surface area (TPSA) is 71.1 Å². The molecule has 2 atom stereocenters. The van der Waals surface area contributed by atoms with Crippen LogP contribution in [0, 0.1) is 0 Å². The molecule has 1 saturated heterocycles. The maximum Gasteiger partial charge on any atom is 0.410 e. The number of benzene rings is 1. The lowest BCUT2D eigenvalue weighted by Gasteiger charge is -2.29. The molecule has 0 saturated carbocycles. The lowest BCUT2D eigenvalue weighted by molar-refractivity contribution is -0.125. The van der Waals surface area contributed by atoms with Gasteiger partial charge < -0.3 is 19.7 Å². The van der Waals surface area contributed by atoms with Crippen molar-refractivity contribution in [3.8, 4) is 5.75 Å². The molecule has 0 radical (unpaired) electrons. The lowest BCUT2D eigenvalue weighted by atomic mass is 10.1. The van der Waals surface area contributed by atoms with E-state index in [4.69, 9.17) is 9.47 Å². The summed E-state index contributed by atoms with van der Waals surface area (Å²) in [6.07, 6.45) is 1.03. The second-order valence-electron chi connectivity index (χ2n) is 8.33. The van der Waals surface area contributed by atoms with E-state index < -0.39 is 17.7 Å². The van der Waals surface area contributed by atoms with Crippen molar-refractivity contribution in [2.24, 2.45) is 0 Å². The Morgan fingerprint density at radius 2 is 1.89 bits per heavy atom. The first kappa shape index (κ1) is 22.0. The minimum atomic E-state index is -0.578. The lowest BCUT2D eigenvalue weighted by Crippen LogP contribution is -2.48. The minimum Gasteiger partial charge on any atom is -0.497 e. The summed E-state index contributed by atoms with van der Waals surface area (Å²) < 4.78 is 10.7. The van der Waals surface area contributed by atoms with Crippen molar-refractivity contribution in [3.63, 3.8) is 0 Å². The predicted octanol–water partition coefficient (Wildman–Crippen LogP) is 2.81. The first-order valence-corrected chi connectivity index (χ1v) is 9.70. The molecule has 1 aliphatic rings. The van der Waals surface area contributed by atoms with Gasteiger partial charge in [-0.05, 0) is 65.4 Å². The number of ether oxygens (including phenoxy) is 2. The minimum absolute atomic E-state index is 0.0197. The van der Waals surface area contributed by atoms with E-state index in [0.29, 0.717) is 19.5 Å². The van der Waals surface area contributed by atoms with Gasteiger partial charge in [0.15, 0.2) is 0 Å². The molecule has 1 aliphatic heterocycles. The summed E-state index contributed by atoms with van der Waals surface area (Å²) in [5.41, 5.74) is 0.506. The van der Waals surface area contributed by atoms with Gasteiger partial charge in [-0.25, -0.2) is 4.79 Å². The summed E-state index contributed by atoms with van der Waals surface area (Å²) in [7, 11) is 5.59. The third kappa shape index (κ3) is 5.86. The summed E-state index contributed by atoms with van der Waals surface area (Å²) >= 11 is 0. The zero-order valence-corrected chi connectivity index (χ0v) is 17.8. The molecular formula is C21H33N3O4. The van der Waals surface area contributed by atoms with Gasteiger partial charge >= 0.3 is 6.09 Å². The fourth-order valence-electron chi connectivity index (χ4n) is 3.32. The molecule has 28 heavy (non-hydrogen) atoms. The van der Waals surface area contributed by atoms with Gasteiger partial charge in [0, 0.05) is 13.1 Å². The van der Waals surface area contributed by atoms with Gasteiger partial charge in [-0.15, -0.1) is 0 Å². The number of methoxy groups -OCH3 is 1. The largest absolute Gasteiger partial charge is 0.497 e. The highest BCUT2D eigenvalue weighted by Gasteiger charge is 2.36. The molecule has 7 heteroatoms. The van der Waals surface area contributed by atoms with E-state index in [-0.39, 0.29) is 11.9 Å². The molecule has 1 aromatic carbocycles. The number of carbonyl (C=O) groups excluding carboxylic acids is 2. The zero-order valence-electron chi connectivity index (χ0n) is 17.8. The average molecular weight is 392 g/mol. The number of hydrogen-bond donors (Lipinski definition) is 1. The molecule has 2 amide bonds. The van der Waals surface area contributed by atoms with Crippen LogP contribution in [-0.4, -0.2) is 67.7 Å². The molecule has 1 N–H and O–H groups in total. The van der Waals surface area contributed by atoms with E-state index >= 15 is 0 Å². The van der Waals surface area contributed by atoms with Crippen molar-refractivity contribution in [2.45, 2.75) is 51.3 Å². The van der Waals surface area contributed by atoms with Crippen LogP contribution in [0.4, 0.5) is 4.79 Å². The van der Waals surface area contributed by atoms with E-state index in [1.807, 2.05) is 59.1 Å². The van der Waals surface area contributed by atoms with Crippen LogP contribution in [-0.2, 0) is 9.53 Å². The van der Waals surface area contributed by atoms with Crippen LogP contribution in [0.5, 0.6) is 5.75 Å². The van der Waals surface area contributed by atoms with E-state index in [1.165, 1.54) is 0 Å². The monoisotopic (exact) mass is 391 g/mol. The molecule has 156 valence electrons. The van der Waals surface area contributed by atoms with Gasteiger partial charge in [-0.2, -0.15) is 0 Å². The smallest absolute Gasteiger partial charge is 0.410 e. The summed E-state index contributed by atoms with van der Waals surface area (Å²) in [5, 5.41) is 3.02. The fraction of sp³-hybridized carbons (Fsp3) is 0.619. The Hall–Kier alpha value is -2.28. The number of likely N-dealkylation sites (N-methyl/N-ethyl adjacent to an activating group) is 1. The van der Waals surface area contributed by atoms with Gasteiger partial charge in [0.2, 0.25) is 5.91 Å². The summed E-state index contributed by atoms with van der Waals surface area (Å²) in [6.45, 7) is 6.48. The highest BCUT2D eigenvalue weighted by Crippen LogP contribution is 2.23. The second kappa shape index (κ2) is 9.28. The Morgan fingerprint density at radius 3 is 2.43 bits per heavy atom. The van der Waals surface area contributed by atoms with Crippen molar-refractivity contribution >= 4 is 12.0 Å². The number of rotatable bonds is 6. The Morgan fingerprint density at radius 1 is 1.25 bits per heavy atom. The Labute approximate surface area is 168 Å². The quantitative estimate of drug-likeness (QED) is 0.807. The van der Waals surface area contributed by atoms with Crippen molar-refractivity contribution in [1.29, 1.82) is 0 Å². The summed E-state index contributed by atoms with van der Waals surface area (Å²) in [4.78, 5) is 28.8. The number of nitrogens with one attached hydrogen (secondary N) is 1. The van der Waals surface area contributed by atoms with Crippen molar-refractivity contribution in [2.75, 3.05) is 34.3 Å². The van der Waals surface area contributed by atoms with Gasteiger partial charge in [0.05, 0.1) is 13.2 Å². The standard InChI is InChI=1S/C21H33N3O4/c1-21(2,3)28-20(26)24-13-7-8-17(24)19(25)22-14-18(23(4)5)15-9-11-16(27-6)12-10-15/h9-12,17-18H,7-8,13-14H2,1-6H3,(H,22,25)/t17-,18?/m0/s1. The van der Waals surface area contributed by atoms with Crippen molar-refractivity contribution in [1.82, 2.24) is 15.1 Å². The first-order valence-electron chi connectivity index (χ1n) is 9.70. The number of nitrogens with zero attached hydrogens (tertiary/aromatic N) is 2. The van der Waals surface area contributed by atoms with Gasteiger partial charge in [-0.1, -0.05) is 12.1 Å². The van der Waals surface area contributed by atoms with Gasteiger partial charge in [0.1, 0.15) is 17.4 Å². The van der Waals surface area contributed by atoms with Crippen molar-refractivity contribution in [3.05, 3.63) is 29.8 Å². The van der Waals surface area contributed by atoms with Gasteiger partial charge in [0.25, 0.3) is 0 Å². The first-order chi connectivity index (χ1) is 13.1. The number of likely N-dealkylation sites (tertiary alicyclic amines) is 1. The average Bonchev–Trinajstić information content (AvgIpc) is 3.10.